The maximum Gasteiger partial charge on any atom is 0.195 e. The van der Waals surface area contributed by atoms with Crippen LogP contribution < -0.4 is 4.65 Å². The fraction of sp³-hybridized carbons (Fsp3) is 0.125. The first kappa shape index (κ1) is 6.52. The molecule has 0 amide bonds. The van der Waals surface area contributed by atoms with Gasteiger partial charge in [0, 0.05) is 6.07 Å². The van der Waals surface area contributed by atoms with Gasteiger partial charge in [-0.3, -0.25) is 4.65 Å². The van der Waals surface area contributed by atoms with Crippen molar-refractivity contribution in [3.05, 3.63) is 29.5 Å². The minimum absolute atomic E-state index is 0.490. The fourth-order valence-corrected chi connectivity index (χ4v) is 1.18. The first-order valence-corrected chi connectivity index (χ1v) is 3.42. The number of fused-ring (bicyclic) bond motifs is 1. The molecule has 0 fully saturated rings. The molecule has 56 valence electrons. The van der Waals surface area contributed by atoms with Crippen LogP contribution in [0.4, 0.5) is 11.4 Å². The minimum atomic E-state index is -0.490. The van der Waals surface area contributed by atoms with E-state index in [1.54, 1.807) is 13.1 Å². The van der Waals surface area contributed by atoms with Crippen LogP contribution in [0.3, 0.4) is 0 Å². The lowest BCUT2D eigenvalue weighted by atomic mass is 10.3. The van der Waals surface area contributed by atoms with Gasteiger partial charge in [-0.25, -0.2) is 0 Å². The van der Waals surface area contributed by atoms with Crippen LogP contribution in [0.15, 0.2) is 29.3 Å². The average molecular weight is 148 g/mol. The molecule has 1 atom stereocenters. The molecule has 1 aliphatic heterocycles. The molecule has 0 radical (unpaired) electrons. The second kappa shape index (κ2) is 1.90. The van der Waals surface area contributed by atoms with Crippen LogP contribution in [-0.2, 0) is 0 Å². The second-order valence-electron chi connectivity index (χ2n) is 2.72. The van der Waals surface area contributed by atoms with Crippen LogP contribution in [0.25, 0.3) is 0 Å². The van der Waals surface area contributed by atoms with Crippen molar-refractivity contribution in [3.8, 4) is 0 Å². The van der Waals surface area contributed by atoms with Crippen molar-refractivity contribution >= 4 is 17.7 Å². The molecule has 1 heterocycles. The van der Waals surface area contributed by atoms with E-state index in [1.807, 2.05) is 18.2 Å². The van der Waals surface area contributed by atoms with Gasteiger partial charge in [0.25, 0.3) is 0 Å². The van der Waals surface area contributed by atoms with Crippen LogP contribution in [-0.4, -0.2) is 13.4 Å². The highest BCUT2D eigenvalue weighted by molar-refractivity contribution is 5.88. The fourth-order valence-electron chi connectivity index (χ4n) is 1.18. The Morgan fingerprint density at radius 1 is 1.36 bits per heavy atom. The van der Waals surface area contributed by atoms with Crippen molar-refractivity contribution in [2.75, 3.05) is 7.05 Å². The lowest BCUT2D eigenvalue weighted by molar-refractivity contribution is 0.693. The van der Waals surface area contributed by atoms with Gasteiger partial charge in [0.1, 0.15) is 5.69 Å². The van der Waals surface area contributed by atoms with Crippen molar-refractivity contribution in [1.29, 1.82) is 0 Å². The van der Waals surface area contributed by atoms with Crippen molar-refractivity contribution in [1.82, 2.24) is 4.65 Å². The number of hydrogen-bond acceptors (Lipinski definition) is 2. The molecule has 0 aromatic heterocycles. The Bertz CT molecular complexity index is 318. The molecular formula is C8H8N2O. The van der Waals surface area contributed by atoms with Gasteiger partial charge in [-0.05, 0) is 6.07 Å². The van der Waals surface area contributed by atoms with Crippen molar-refractivity contribution in [2.24, 2.45) is 4.99 Å². The largest absolute Gasteiger partial charge is 0.621 e. The minimum Gasteiger partial charge on any atom is -0.621 e. The molecule has 0 spiro atoms. The standard InChI is InChI=1S/C8H8N2O/c1-10(11)6-9-7-4-2-3-5-8(7)10/h2-6H,1H3. The summed E-state index contributed by atoms with van der Waals surface area (Å²) in [4.78, 5) is 3.99. The van der Waals surface area contributed by atoms with E-state index in [-0.39, 0.29) is 0 Å². The number of para-hydroxylation sites is 2. The highest BCUT2D eigenvalue weighted by atomic mass is 16.5. The molecule has 11 heavy (non-hydrogen) atoms. The van der Waals surface area contributed by atoms with Gasteiger partial charge in [-0.1, -0.05) is 12.1 Å². The lowest BCUT2D eigenvalue weighted by Gasteiger charge is -2.28. The van der Waals surface area contributed by atoms with E-state index in [2.05, 4.69) is 4.99 Å². The van der Waals surface area contributed by atoms with Crippen LogP contribution >= 0.6 is 0 Å². The Kier molecular flexibility index (Phi) is 1.13. The SMILES string of the molecule is C[N+]1([O-])C=Nc2ccccc21. The summed E-state index contributed by atoms with van der Waals surface area (Å²) < 4.78 is -0.490. The van der Waals surface area contributed by atoms with Crippen LogP contribution in [0.1, 0.15) is 0 Å². The first-order valence-electron chi connectivity index (χ1n) is 3.42. The molecule has 1 aromatic carbocycles. The molecule has 0 N–H and O–H groups in total. The molecule has 2 rings (SSSR count). The highest BCUT2D eigenvalue weighted by Gasteiger charge is 2.21. The average Bonchev–Trinajstić information content (AvgIpc) is 2.29. The Hall–Kier alpha value is -1.19. The van der Waals surface area contributed by atoms with Crippen molar-refractivity contribution in [3.63, 3.8) is 0 Å². The first-order chi connectivity index (χ1) is 5.20. The molecular weight excluding hydrogens is 140 g/mol. The third-order valence-corrected chi connectivity index (χ3v) is 1.78. The zero-order chi connectivity index (χ0) is 7.90. The predicted octanol–water partition coefficient (Wildman–Crippen LogP) is 1.79. The molecule has 3 heteroatoms. The van der Waals surface area contributed by atoms with E-state index in [9.17, 15) is 5.21 Å². The summed E-state index contributed by atoms with van der Waals surface area (Å²) in [5.41, 5.74) is 1.50. The predicted molar refractivity (Wildman–Crippen MR) is 45.7 cm³/mol. The highest BCUT2D eigenvalue weighted by Crippen LogP contribution is 2.35. The molecule has 1 aliphatic rings. The number of benzene rings is 1. The summed E-state index contributed by atoms with van der Waals surface area (Å²) in [5.74, 6) is 0. The van der Waals surface area contributed by atoms with Crippen molar-refractivity contribution in [2.45, 2.75) is 0 Å². The summed E-state index contributed by atoms with van der Waals surface area (Å²) in [6.07, 6.45) is 1.39. The summed E-state index contributed by atoms with van der Waals surface area (Å²) in [5, 5.41) is 11.5. The Balaban J connectivity index is 2.64. The Morgan fingerprint density at radius 3 is 2.82 bits per heavy atom. The van der Waals surface area contributed by atoms with Gasteiger partial charge >= 0.3 is 0 Å². The second-order valence-corrected chi connectivity index (χ2v) is 2.72. The Morgan fingerprint density at radius 2 is 2.09 bits per heavy atom. The summed E-state index contributed by atoms with van der Waals surface area (Å²) in [6.45, 7) is 0. The van der Waals surface area contributed by atoms with Gasteiger partial charge in [-0.15, -0.1) is 0 Å². The normalized spacial score (nSPS) is 27.1. The van der Waals surface area contributed by atoms with Crippen LogP contribution in [0.2, 0.25) is 0 Å². The number of quaternary nitrogens is 1. The monoisotopic (exact) mass is 148 g/mol. The van der Waals surface area contributed by atoms with Gasteiger partial charge in [-0.2, -0.15) is 4.99 Å². The Labute approximate surface area is 64.8 Å². The van der Waals surface area contributed by atoms with Gasteiger partial charge < -0.3 is 5.21 Å². The zero-order valence-electron chi connectivity index (χ0n) is 6.19. The number of hydrogen-bond donors (Lipinski definition) is 0. The van der Waals surface area contributed by atoms with E-state index >= 15 is 0 Å². The summed E-state index contributed by atoms with van der Waals surface area (Å²) >= 11 is 0. The van der Waals surface area contributed by atoms with E-state index < -0.39 is 4.65 Å². The maximum absolute atomic E-state index is 11.5. The topological polar surface area (TPSA) is 35.4 Å². The van der Waals surface area contributed by atoms with Crippen molar-refractivity contribution < 1.29 is 0 Å². The number of rotatable bonds is 0. The molecule has 1 aromatic rings. The molecule has 3 nitrogen and oxygen atoms in total. The number of aliphatic imine (C=N–C) groups is 1. The van der Waals surface area contributed by atoms with Gasteiger partial charge in [0.05, 0.1) is 7.05 Å². The summed E-state index contributed by atoms with van der Waals surface area (Å²) in [6, 6.07) is 7.37. The van der Waals surface area contributed by atoms with Gasteiger partial charge in [0.15, 0.2) is 12.0 Å². The summed E-state index contributed by atoms with van der Waals surface area (Å²) in [7, 11) is 1.56. The quantitative estimate of drug-likeness (QED) is 0.408. The van der Waals surface area contributed by atoms with E-state index in [0.29, 0.717) is 5.69 Å². The smallest absolute Gasteiger partial charge is 0.195 e. The molecule has 1 unspecified atom stereocenters. The molecule has 0 bridgehead atoms. The number of hydroxylamine groups is 2. The molecule has 0 aliphatic carbocycles. The van der Waals surface area contributed by atoms with Gasteiger partial charge in [0.2, 0.25) is 0 Å². The lowest BCUT2D eigenvalue weighted by Crippen LogP contribution is -2.33. The third-order valence-electron chi connectivity index (χ3n) is 1.78. The van der Waals surface area contributed by atoms with Crippen LogP contribution in [0.5, 0.6) is 0 Å². The van der Waals surface area contributed by atoms with E-state index in [0.717, 1.165) is 5.69 Å². The maximum atomic E-state index is 11.5. The van der Waals surface area contributed by atoms with Crippen LogP contribution in [0, 0.1) is 5.21 Å². The zero-order valence-corrected chi connectivity index (χ0v) is 6.19. The van der Waals surface area contributed by atoms with E-state index in [1.165, 1.54) is 6.34 Å². The molecule has 0 saturated carbocycles. The van der Waals surface area contributed by atoms with E-state index in [4.69, 9.17) is 0 Å². The molecule has 0 saturated heterocycles. The third kappa shape index (κ3) is 0.859. The number of nitrogens with zero attached hydrogens (tertiary/aromatic N) is 2.